The molecule has 12 heteroatoms. The van der Waals surface area contributed by atoms with Crippen molar-refractivity contribution in [2.45, 2.75) is 18.9 Å². The summed E-state index contributed by atoms with van der Waals surface area (Å²) in [5, 5.41) is 28.2. The minimum atomic E-state index is -1.74. The fourth-order valence-electron chi connectivity index (χ4n) is 4.04. The lowest BCUT2D eigenvalue weighted by Gasteiger charge is -2.16. The van der Waals surface area contributed by atoms with Crippen molar-refractivity contribution in [2.24, 2.45) is 5.73 Å². The Morgan fingerprint density at radius 1 is 1.32 bits per heavy atom. The number of hydrogen-bond donors (Lipinski definition) is 3. The van der Waals surface area contributed by atoms with Crippen molar-refractivity contribution < 1.29 is 19.2 Å². The number of aliphatic hydroxyl groups is 1. The summed E-state index contributed by atoms with van der Waals surface area (Å²) in [5.41, 5.74) is 7.28. The first-order valence-corrected chi connectivity index (χ1v) is 12.0. The molecule has 4 aromatic rings. The average Bonchev–Trinajstić information content (AvgIpc) is 3.62. The Balaban J connectivity index is 1.47. The van der Waals surface area contributed by atoms with E-state index in [1.54, 1.807) is 32.2 Å². The minimum absolute atomic E-state index is 0.0574. The number of nitriles is 1. The molecule has 1 fully saturated rings. The number of aryl methyl sites for hydroxylation is 1. The van der Waals surface area contributed by atoms with Gasteiger partial charge in [-0.1, -0.05) is 34.7 Å². The van der Waals surface area contributed by atoms with E-state index >= 15 is 0 Å². The first-order chi connectivity index (χ1) is 17.7. The third-order valence-corrected chi connectivity index (χ3v) is 7.18. The highest BCUT2D eigenvalue weighted by Gasteiger charge is 2.48. The molecule has 0 radical (unpaired) electrons. The molecule has 2 amide bonds. The number of nitrogens with two attached hydrogens (primary N) is 1. The van der Waals surface area contributed by atoms with E-state index in [1.807, 2.05) is 24.3 Å². The lowest BCUT2D eigenvalue weighted by Crippen LogP contribution is -2.35. The molecule has 4 heterocycles. The second kappa shape index (κ2) is 9.12. The van der Waals surface area contributed by atoms with Gasteiger partial charge >= 0.3 is 0 Å². The summed E-state index contributed by atoms with van der Waals surface area (Å²) in [4.78, 5) is 34.6. The van der Waals surface area contributed by atoms with Crippen LogP contribution in [-0.2, 0) is 10.4 Å². The van der Waals surface area contributed by atoms with E-state index in [9.17, 15) is 20.0 Å². The van der Waals surface area contributed by atoms with Crippen LogP contribution in [0.3, 0.4) is 0 Å². The van der Waals surface area contributed by atoms with Gasteiger partial charge in [-0.3, -0.25) is 14.6 Å². The van der Waals surface area contributed by atoms with Crippen LogP contribution in [0.4, 0.5) is 10.7 Å². The number of carbonyl (C=O) groups is 2. The molecule has 37 heavy (non-hydrogen) atoms. The number of aromatic nitrogens is 3. The molecular formula is C25H21N7O4S. The second-order valence-corrected chi connectivity index (χ2v) is 9.65. The van der Waals surface area contributed by atoms with Gasteiger partial charge in [-0.05, 0) is 19.1 Å². The molecule has 1 unspecified atom stereocenters. The summed E-state index contributed by atoms with van der Waals surface area (Å²) in [7, 11) is 1.62. The van der Waals surface area contributed by atoms with Gasteiger partial charge in [0, 0.05) is 43.4 Å². The minimum Gasteiger partial charge on any atom is -0.373 e. The molecule has 1 atom stereocenters. The van der Waals surface area contributed by atoms with Crippen LogP contribution in [0.25, 0.3) is 21.8 Å². The van der Waals surface area contributed by atoms with E-state index in [-0.39, 0.29) is 17.9 Å². The summed E-state index contributed by atoms with van der Waals surface area (Å²) >= 11 is 1.22. The zero-order valence-corrected chi connectivity index (χ0v) is 20.7. The van der Waals surface area contributed by atoms with Crippen LogP contribution >= 0.6 is 11.3 Å². The number of rotatable bonds is 6. The van der Waals surface area contributed by atoms with Gasteiger partial charge < -0.3 is 25.6 Å². The van der Waals surface area contributed by atoms with Crippen LogP contribution in [0.2, 0.25) is 0 Å². The van der Waals surface area contributed by atoms with Gasteiger partial charge in [0.05, 0.1) is 16.9 Å². The molecule has 0 aliphatic carbocycles. The van der Waals surface area contributed by atoms with Crippen molar-refractivity contribution in [3.05, 3.63) is 65.3 Å². The number of hydrogen-bond acceptors (Lipinski definition) is 10. The smallest absolute Gasteiger partial charge is 0.270 e. The number of amides is 2. The fourth-order valence-corrected chi connectivity index (χ4v) is 5.02. The molecule has 0 spiro atoms. The van der Waals surface area contributed by atoms with E-state index < -0.39 is 17.4 Å². The molecule has 1 saturated heterocycles. The third kappa shape index (κ3) is 4.31. The Morgan fingerprint density at radius 3 is 2.81 bits per heavy atom. The lowest BCUT2D eigenvalue weighted by atomic mass is 9.98. The normalized spacial score (nSPS) is 17.1. The number of nitrogens with zero attached hydrogens (tertiary/aromatic N) is 5. The molecule has 4 N–H and O–H groups in total. The summed E-state index contributed by atoms with van der Waals surface area (Å²) in [6.07, 6.45) is 1.68. The zero-order valence-electron chi connectivity index (χ0n) is 19.8. The topological polar surface area (TPSA) is 171 Å². The molecule has 0 bridgehead atoms. The second-order valence-electron chi connectivity index (χ2n) is 8.65. The maximum Gasteiger partial charge on any atom is 0.270 e. The Hall–Kier alpha value is -4.60. The largest absolute Gasteiger partial charge is 0.373 e. The molecule has 186 valence electrons. The first kappa shape index (κ1) is 24.1. The number of carbonyl (C=O) groups excluding carboxylic acids is 2. The zero-order chi connectivity index (χ0) is 26.3. The molecule has 11 nitrogen and oxygen atoms in total. The van der Waals surface area contributed by atoms with Crippen molar-refractivity contribution in [1.29, 1.82) is 5.26 Å². The highest BCUT2D eigenvalue weighted by molar-refractivity contribution is 7.19. The van der Waals surface area contributed by atoms with Crippen LogP contribution in [0, 0.1) is 18.3 Å². The summed E-state index contributed by atoms with van der Waals surface area (Å²) in [6.45, 7) is 2.19. The van der Waals surface area contributed by atoms with Gasteiger partial charge in [0.2, 0.25) is 5.60 Å². The molecule has 3 aromatic heterocycles. The van der Waals surface area contributed by atoms with Gasteiger partial charge in [-0.25, -0.2) is 4.98 Å². The quantitative estimate of drug-likeness (QED) is 0.349. The van der Waals surface area contributed by atoms with Crippen LogP contribution in [-0.4, -0.2) is 50.5 Å². The van der Waals surface area contributed by atoms with E-state index in [0.717, 1.165) is 0 Å². The van der Waals surface area contributed by atoms with Crippen LogP contribution in [0.15, 0.2) is 47.1 Å². The third-order valence-electron chi connectivity index (χ3n) is 6.16. The van der Waals surface area contributed by atoms with E-state index in [0.29, 0.717) is 50.3 Å². The summed E-state index contributed by atoms with van der Waals surface area (Å²) in [5.74, 6) is -1.05. The van der Waals surface area contributed by atoms with Crippen molar-refractivity contribution >= 4 is 33.8 Å². The number of pyridine rings is 1. The molecule has 0 saturated carbocycles. The monoisotopic (exact) mass is 515 g/mol. The lowest BCUT2D eigenvalue weighted by molar-refractivity contribution is -0.144. The van der Waals surface area contributed by atoms with E-state index in [2.05, 4.69) is 20.4 Å². The number of primary amides is 1. The Morgan fingerprint density at radius 2 is 2.11 bits per heavy atom. The molecule has 5 rings (SSSR count). The molecule has 1 aliphatic heterocycles. The Kier molecular flexibility index (Phi) is 5.94. The fraction of sp³-hybridized carbons (Fsp3) is 0.200. The summed E-state index contributed by atoms with van der Waals surface area (Å²) < 4.78 is 5.36. The SMILES string of the molecule is Cc1ncc(C#N)cc1Nc1sc(-c2cccc(-c3cc(C4(O)CCN(C)C4=O)on3)c2)nc1C(N)=O. The predicted molar refractivity (Wildman–Crippen MR) is 135 cm³/mol. The number of nitrogens with one attached hydrogen (secondary N) is 1. The number of likely N-dealkylation sites (tertiary alicyclic amines) is 1. The highest BCUT2D eigenvalue weighted by Crippen LogP contribution is 2.38. The maximum absolute atomic E-state index is 12.4. The predicted octanol–water partition coefficient (Wildman–Crippen LogP) is 2.93. The highest BCUT2D eigenvalue weighted by atomic mass is 32.1. The van der Waals surface area contributed by atoms with Crippen molar-refractivity contribution in [2.75, 3.05) is 18.9 Å². The van der Waals surface area contributed by atoms with Crippen molar-refractivity contribution in [3.8, 4) is 27.9 Å². The van der Waals surface area contributed by atoms with Crippen LogP contribution in [0.1, 0.15) is 33.9 Å². The van der Waals surface area contributed by atoms with Gasteiger partial charge in [-0.15, -0.1) is 0 Å². The Labute approximate surface area is 215 Å². The molecule has 1 aliphatic rings. The van der Waals surface area contributed by atoms with E-state index in [4.69, 9.17) is 10.3 Å². The number of anilines is 2. The van der Waals surface area contributed by atoms with Crippen molar-refractivity contribution in [3.63, 3.8) is 0 Å². The van der Waals surface area contributed by atoms with Gasteiger partial charge in [-0.2, -0.15) is 5.26 Å². The van der Waals surface area contributed by atoms with Crippen LogP contribution in [0.5, 0.6) is 0 Å². The number of thiazole rings is 1. The molecule has 1 aromatic carbocycles. The van der Waals surface area contributed by atoms with Gasteiger partial charge in [0.1, 0.15) is 21.8 Å². The van der Waals surface area contributed by atoms with Crippen LogP contribution < -0.4 is 11.1 Å². The summed E-state index contributed by atoms with van der Waals surface area (Å²) in [6, 6.07) is 12.5. The maximum atomic E-state index is 12.4. The molecular weight excluding hydrogens is 494 g/mol. The average molecular weight is 516 g/mol. The standard InChI is InChI=1S/C25H21N7O4S/c1-13-17(8-14(11-26)12-28-13)29-23-20(21(27)33)30-22(37-23)16-5-3-4-15(9-16)18-10-19(36-31-18)25(35)6-7-32(2)24(25)34/h3-5,8-10,12,29,35H,6-7H2,1-2H3,(H2,27,33). The number of likely N-dealkylation sites (N-methyl/N-ethyl adjacent to an activating group) is 1. The number of benzene rings is 1. The van der Waals surface area contributed by atoms with E-state index in [1.165, 1.54) is 22.4 Å². The Bertz CT molecular complexity index is 1590. The first-order valence-electron chi connectivity index (χ1n) is 11.2. The van der Waals surface area contributed by atoms with Gasteiger partial charge in [0.25, 0.3) is 11.8 Å². The van der Waals surface area contributed by atoms with Gasteiger partial charge in [0.15, 0.2) is 11.5 Å². The van der Waals surface area contributed by atoms with Crippen molar-refractivity contribution in [1.82, 2.24) is 20.0 Å².